The minimum Gasteiger partial charge on any atom is -0.494 e. The van der Waals surface area contributed by atoms with Gasteiger partial charge in [0.05, 0.1) is 17.1 Å². The van der Waals surface area contributed by atoms with Gasteiger partial charge in [-0.2, -0.15) is 0 Å². The second-order valence-corrected chi connectivity index (χ2v) is 6.25. The summed E-state index contributed by atoms with van der Waals surface area (Å²) in [5.41, 5.74) is 1.47. The number of rotatable bonds is 5. The summed E-state index contributed by atoms with van der Waals surface area (Å²) in [6, 6.07) is 10.8. The van der Waals surface area contributed by atoms with E-state index in [1.165, 1.54) is 0 Å². The maximum atomic E-state index is 14.4. The molecule has 0 fully saturated rings. The molecule has 0 amide bonds. The smallest absolute Gasteiger partial charge is 0.142 e. The van der Waals surface area contributed by atoms with Gasteiger partial charge in [0.2, 0.25) is 0 Å². The summed E-state index contributed by atoms with van der Waals surface area (Å²) >= 11 is 6.70. The number of hydrogen-bond acceptors (Lipinski definition) is 2. The Kier molecular flexibility index (Phi) is 5.79. The molecule has 0 saturated carbocycles. The van der Waals surface area contributed by atoms with Crippen molar-refractivity contribution in [2.45, 2.75) is 13.0 Å². The van der Waals surface area contributed by atoms with Gasteiger partial charge in [-0.15, -0.1) is 0 Å². The number of halogens is 3. The van der Waals surface area contributed by atoms with Crippen LogP contribution in [0.2, 0.25) is 0 Å². The van der Waals surface area contributed by atoms with E-state index in [-0.39, 0.29) is 11.9 Å². The van der Waals surface area contributed by atoms with Gasteiger partial charge in [-0.25, -0.2) is 4.39 Å². The molecule has 0 spiro atoms. The van der Waals surface area contributed by atoms with E-state index in [9.17, 15) is 4.39 Å². The zero-order valence-corrected chi connectivity index (χ0v) is 15.0. The van der Waals surface area contributed by atoms with Crippen LogP contribution in [0.5, 0.6) is 5.75 Å². The van der Waals surface area contributed by atoms with Crippen molar-refractivity contribution in [3.8, 4) is 5.75 Å². The molecule has 0 aromatic heterocycles. The van der Waals surface area contributed by atoms with Crippen LogP contribution >= 0.6 is 31.9 Å². The van der Waals surface area contributed by atoms with Gasteiger partial charge in [0.25, 0.3) is 0 Å². The summed E-state index contributed by atoms with van der Waals surface area (Å²) < 4.78 is 21.5. The van der Waals surface area contributed by atoms with Crippen molar-refractivity contribution in [1.82, 2.24) is 5.32 Å². The van der Waals surface area contributed by atoms with Gasteiger partial charge in [-0.3, -0.25) is 0 Å². The van der Waals surface area contributed by atoms with Gasteiger partial charge in [-0.05, 0) is 54.2 Å². The molecule has 21 heavy (non-hydrogen) atoms. The third-order valence-electron chi connectivity index (χ3n) is 3.16. The van der Waals surface area contributed by atoms with Crippen LogP contribution < -0.4 is 10.1 Å². The SMILES string of the molecule is CCOc1ccc(Br)cc1C(NC)c1cccc(Br)c1F. The molecule has 112 valence electrons. The highest BCUT2D eigenvalue weighted by molar-refractivity contribution is 9.10. The minimum atomic E-state index is -0.290. The molecule has 0 aliphatic heterocycles. The van der Waals surface area contributed by atoms with Crippen molar-refractivity contribution in [3.05, 3.63) is 62.3 Å². The summed E-state index contributed by atoms with van der Waals surface area (Å²) in [4.78, 5) is 0. The molecule has 2 aromatic rings. The largest absolute Gasteiger partial charge is 0.494 e. The van der Waals surface area contributed by atoms with Crippen LogP contribution in [0.1, 0.15) is 24.1 Å². The molecule has 1 unspecified atom stereocenters. The lowest BCUT2D eigenvalue weighted by molar-refractivity contribution is 0.333. The van der Waals surface area contributed by atoms with Gasteiger partial charge in [0, 0.05) is 15.6 Å². The van der Waals surface area contributed by atoms with E-state index in [1.54, 1.807) is 12.1 Å². The minimum absolute atomic E-state index is 0.265. The quantitative estimate of drug-likeness (QED) is 0.735. The molecular formula is C16H16Br2FNO. The summed E-state index contributed by atoms with van der Waals surface area (Å²) in [6.07, 6.45) is 0. The lowest BCUT2D eigenvalue weighted by Crippen LogP contribution is -2.20. The molecule has 1 atom stereocenters. The predicted octanol–water partition coefficient (Wildman–Crippen LogP) is 5.06. The first-order valence-electron chi connectivity index (χ1n) is 6.61. The molecule has 2 rings (SSSR count). The molecule has 2 nitrogen and oxygen atoms in total. The van der Waals surface area contributed by atoms with E-state index >= 15 is 0 Å². The Labute approximate surface area is 141 Å². The molecular weight excluding hydrogens is 401 g/mol. The van der Waals surface area contributed by atoms with E-state index in [1.807, 2.05) is 38.2 Å². The Bertz CT molecular complexity index is 634. The van der Waals surface area contributed by atoms with E-state index in [0.29, 0.717) is 16.6 Å². The standard InChI is InChI=1S/C16H16Br2FNO/c1-3-21-14-8-7-10(17)9-12(14)16(20-2)11-5-4-6-13(18)15(11)19/h4-9,16,20H,3H2,1-2H3. The van der Waals surface area contributed by atoms with Crippen LogP contribution in [0.25, 0.3) is 0 Å². The Morgan fingerprint density at radius 2 is 1.95 bits per heavy atom. The third kappa shape index (κ3) is 3.65. The van der Waals surface area contributed by atoms with Gasteiger partial charge in [0.15, 0.2) is 0 Å². The monoisotopic (exact) mass is 415 g/mol. The van der Waals surface area contributed by atoms with E-state index in [0.717, 1.165) is 15.8 Å². The lowest BCUT2D eigenvalue weighted by Gasteiger charge is -2.21. The average Bonchev–Trinajstić information content (AvgIpc) is 2.47. The normalized spacial score (nSPS) is 12.2. The van der Waals surface area contributed by atoms with Crippen LogP contribution in [0.3, 0.4) is 0 Å². The fourth-order valence-electron chi connectivity index (χ4n) is 2.25. The molecule has 0 bridgehead atoms. The van der Waals surface area contributed by atoms with Crippen molar-refractivity contribution < 1.29 is 9.13 Å². The molecule has 0 heterocycles. The maximum absolute atomic E-state index is 14.4. The molecule has 0 aliphatic carbocycles. The molecule has 1 N–H and O–H groups in total. The molecule has 0 saturated heterocycles. The van der Waals surface area contributed by atoms with E-state index < -0.39 is 0 Å². The summed E-state index contributed by atoms with van der Waals surface area (Å²) in [5.74, 6) is 0.485. The van der Waals surface area contributed by atoms with E-state index in [2.05, 4.69) is 37.2 Å². The van der Waals surface area contributed by atoms with Gasteiger partial charge >= 0.3 is 0 Å². The molecule has 0 radical (unpaired) electrons. The van der Waals surface area contributed by atoms with Crippen molar-refractivity contribution in [2.75, 3.05) is 13.7 Å². The zero-order valence-electron chi connectivity index (χ0n) is 11.8. The number of ether oxygens (including phenoxy) is 1. The summed E-state index contributed by atoms with van der Waals surface area (Å²) in [5, 5.41) is 3.17. The first-order chi connectivity index (χ1) is 10.1. The second kappa shape index (κ2) is 7.38. The predicted molar refractivity (Wildman–Crippen MR) is 90.3 cm³/mol. The fraction of sp³-hybridized carbons (Fsp3) is 0.250. The van der Waals surface area contributed by atoms with Gasteiger partial charge in [0.1, 0.15) is 11.6 Å². The Balaban J connectivity index is 2.55. The highest BCUT2D eigenvalue weighted by atomic mass is 79.9. The fourth-order valence-corrected chi connectivity index (χ4v) is 3.01. The summed E-state index contributed by atoms with van der Waals surface area (Å²) in [7, 11) is 1.81. The van der Waals surface area contributed by atoms with Crippen molar-refractivity contribution in [1.29, 1.82) is 0 Å². The topological polar surface area (TPSA) is 21.3 Å². The molecule has 2 aromatic carbocycles. The van der Waals surface area contributed by atoms with Crippen molar-refractivity contribution >= 4 is 31.9 Å². The van der Waals surface area contributed by atoms with Crippen molar-refractivity contribution in [3.63, 3.8) is 0 Å². The first kappa shape index (κ1) is 16.5. The van der Waals surface area contributed by atoms with Crippen LogP contribution in [0.15, 0.2) is 45.3 Å². The van der Waals surface area contributed by atoms with Crippen molar-refractivity contribution in [2.24, 2.45) is 0 Å². The Morgan fingerprint density at radius 1 is 1.19 bits per heavy atom. The maximum Gasteiger partial charge on any atom is 0.142 e. The average molecular weight is 417 g/mol. The number of hydrogen-bond donors (Lipinski definition) is 1. The molecule has 5 heteroatoms. The van der Waals surface area contributed by atoms with Gasteiger partial charge < -0.3 is 10.1 Å². The van der Waals surface area contributed by atoms with Gasteiger partial charge in [-0.1, -0.05) is 28.1 Å². The number of benzene rings is 2. The van der Waals surface area contributed by atoms with Crippen LogP contribution in [-0.2, 0) is 0 Å². The Morgan fingerprint density at radius 3 is 2.62 bits per heavy atom. The van der Waals surface area contributed by atoms with Crippen LogP contribution in [0.4, 0.5) is 4.39 Å². The van der Waals surface area contributed by atoms with Crippen LogP contribution in [0, 0.1) is 5.82 Å². The first-order valence-corrected chi connectivity index (χ1v) is 8.20. The second-order valence-electron chi connectivity index (χ2n) is 4.48. The van der Waals surface area contributed by atoms with E-state index in [4.69, 9.17) is 4.74 Å². The van der Waals surface area contributed by atoms with Crippen LogP contribution in [-0.4, -0.2) is 13.7 Å². The Hall–Kier alpha value is -0.910. The molecule has 0 aliphatic rings. The lowest BCUT2D eigenvalue weighted by atomic mass is 9.97. The third-order valence-corrected chi connectivity index (χ3v) is 4.27. The summed E-state index contributed by atoms with van der Waals surface area (Å²) in [6.45, 7) is 2.49. The highest BCUT2D eigenvalue weighted by Crippen LogP contribution is 2.34. The zero-order chi connectivity index (χ0) is 15.4. The highest BCUT2D eigenvalue weighted by Gasteiger charge is 2.21. The number of nitrogens with one attached hydrogen (secondary N) is 1.